The van der Waals surface area contributed by atoms with E-state index < -0.39 is 5.91 Å². The second-order valence-corrected chi connectivity index (χ2v) is 4.39. The Morgan fingerprint density at radius 3 is 2.83 bits per heavy atom. The highest BCUT2D eigenvalue weighted by Crippen LogP contribution is 2.24. The summed E-state index contributed by atoms with van der Waals surface area (Å²) in [4.78, 5) is 11.2. The maximum atomic E-state index is 11.2. The molecule has 0 radical (unpaired) electrons. The molecule has 0 bridgehead atoms. The fourth-order valence-electron chi connectivity index (χ4n) is 1.66. The summed E-state index contributed by atoms with van der Waals surface area (Å²) in [7, 11) is 0. The van der Waals surface area contributed by atoms with E-state index in [1.807, 2.05) is 13.0 Å². The minimum atomic E-state index is -0.542. The van der Waals surface area contributed by atoms with Gasteiger partial charge in [-0.15, -0.1) is 0 Å². The maximum Gasteiger partial charge on any atom is 0.250 e. The van der Waals surface area contributed by atoms with E-state index in [1.165, 1.54) is 0 Å². The number of carbonyl (C=O) groups is 1. The normalized spacial score (nSPS) is 12.1. The number of hydrogen-bond donors (Lipinski definition) is 2. The summed E-state index contributed by atoms with van der Waals surface area (Å²) in [6.45, 7) is 1.99. The van der Waals surface area contributed by atoms with Gasteiger partial charge < -0.3 is 15.5 Å². The van der Waals surface area contributed by atoms with Crippen LogP contribution in [0.25, 0.3) is 0 Å². The number of nitrogens with one attached hydrogen (secondary N) is 1. The van der Waals surface area contributed by atoms with E-state index in [-0.39, 0.29) is 6.04 Å². The Kier molecular flexibility index (Phi) is 3.58. The van der Waals surface area contributed by atoms with Crippen molar-refractivity contribution in [2.45, 2.75) is 13.0 Å². The Balaban J connectivity index is 2.20. The molecule has 0 saturated carbocycles. The number of carbonyl (C=O) groups excluding carboxylic acids is 1. The largest absolute Gasteiger partial charge is 0.472 e. The minimum absolute atomic E-state index is 0.0608. The molecule has 0 aliphatic rings. The van der Waals surface area contributed by atoms with Crippen LogP contribution in [0.1, 0.15) is 28.9 Å². The molecule has 0 aliphatic heterocycles. The molecule has 1 amide bonds. The number of primary amides is 1. The van der Waals surface area contributed by atoms with Gasteiger partial charge in [-0.1, -0.05) is 11.6 Å². The topological polar surface area (TPSA) is 68.3 Å². The lowest BCUT2D eigenvalue weighted by Crippen LogP contribution is -2.13. The van der Waals surface area contributed by atoms with Crippen molar-refractivity contribution in [3.05, 3.63) is 52.9 Å². The summed E-state index contributed by atoms with van der Waals surface area (Å²) in [6, 6.07) is 7.02. The van der Waals surface area contributed by atoms with Gasteiger partial charge in [-0.05, 0) is 31.2 Å². The van der Waals surface area contributed by atoms with Gasteiger partial charge in [0.05, 0.1) is 29.2 Å². The molecule has 94 valence electrons. The van der Waals surface area contributed by atoms with Gasteiger partial charge in [-0.25, -0.2) is 0 Å². The summed E-state index contributed by atoms with van der Waals surface area (Å²) in [5.74, 6) is -0.542. The number of hydrogen-bond acceptors (Lipinski definition) is 3. The van der Waals surface area contributed by atoms with Gasteiger partial charge in [0, 0.05) is 11.3 Å². The van der Waals surface area contributed by atoms with Gasteiger partial charge in [-0.2, -0.15) is 0 Å². The molecule has 0 fully saturated rings. The molecule has 2 rings (SSSR count). The van der Waals surface area contributed by atoms with Crippen LogP contribution in [0.5, 0.6) is 0 Å². The lowest BCUT2D eigenvalue weighted by Gasteiger charge is -2.14. The van der Waals surface area contributed by atoms with Crippen molar-refractivity contribution in [1.82, 2.24) is 0 Å². The highest BCUT2D eigenvalue weighted by atomic mass is 35.5. The van der Waals surface area contributed by atoms with Gasteiger partial charge in [0.25, 0.3) is 0 Å². The first-order chi connectivity index (χ1) is 8.58. The Morgan fingerprint density at radius 1 is 1.44 bits per heavy atom. The predicted molar refractivity (Wildman–Crippen MR) is 70.7 cm³/mol. The lowest BCUT2D eigenvalue weighted by atomic mass is 10.1. The molecular weight excluding hydrogens is 252 g/mol. The quantitative estimate of drug-likeness (QED) is 0.891. The minimum Gasteiger partial charge on any atom is -0.472 e. The Labute approximate surface area is 110 Å². The van der Waals surface area contributed by atoms with E-state index in [0.29, 0.717) is 10.6 Å². The first kappa shape index (κ1) is 12.5. The molecule has 18 heavy (non-hydrogen) atoms. The monoisotopic (exact) mass is 264 g/mol. The van der Waals surface area contributed by atoms with E-state index >= 15 is 0 Å². The first-order valence-corrected chi connectivity index (χ1v) is 5.83. The van der Waals surface area contributed by atoms with Crippen LogP contribution in [0, 0.1) is 0 Å². The van der Waals surface area contributed by atoms with Gasteiger partial charge in [0.1, 0.15) is 0 Å². The highest BCUT2D eigenvalue weighted by molar-refractivity contribution is 6.33. The van der Waals surface area contributed by atoms with Crippen LogP contribution in [0.2, 0.25) is 5.02 Å². The number of halogens is 1. The molecule has 1 unspecified atom stereocenters. The number of anilines is 1. The third kappa shape index (κ3) is 2.65. The van der Waals surface area contributed by atoms with Crippen LogP contribution >= 0.6 is 11.6 Å². The molecule has 0 saturated heterocycles. The van der Waals surface area contributed by atoms with Crippen LogP contribution in [-0.4, -0.2) is 5.91 Å². The van der Waals surface area contributed by atoms with Gasteiger partial charge in [-0.3, -0.25) is 4.79 Å². The first-order valence-electron chi connectivity index (χ1n) is 5.46. The molecule has 4 nitrogen and oxygen atoms in total. The number of rotatable bonds is 4. The van der Waals surface area contributed by atoms with Crippen molar-refractivity contribution >= 4 is 23.2 Å². The number of amides is 1. The predicted octanol–water partition coefficient (Wildman–Crippen LogP) is 3.21. The van der Waals surface area contributed by atoms with Crippen LogP contribution in [0.3, 0.4) is 0 Å². The average molecular weight is 265 g/mol. The second-order valence-electron chi connectivity index (χ2n) is 3.98. The van der Waals surface area contributed by atoms with Crippen molar-refractivity contribution in [3.63, 3.8) is 0 Å². The van der Waals surface area contributed by atoms with E-state index in [9.17, 15) is 4.79 Å². The Bertz CT molecular complexity index is 552. The van der Waals surface area contributed by atoms with E-state index in [4.69, 9.17) is 21.8 Å². The Morgan fingerprint density at radius 2 is 2.22 bits per heavy atom. The fraction of sp³-hybridized carbons (Fsp3) is 0.154. The molecule has 3 N–H and O–H groups in total. The zero-order valence-electron chi connectivity index (χ0n) is 9.81. The molecular formula is C13H13ClN2O2. The van der Waals surface area contributed by atoms with Crippen molar-refractivity contribution in [1.29, 1.82) is 0 Å². The number of benzene rings is 1. The van der Waals surface area contributed by atoms with Gasteiger partial charge in [0.2, 0.25) is 5.91 Å². The van der Waals surface area contributed by atoms with Crippen molar-refractivity contribution in [2.75, 3.05) is 5.32 Å². The molecule has 5 heteroatoms. The smallest absolute Gasteiger partial charge is 0.250 e. The van der Waals surface area contributed by atoms with Crippen molar-refractivity contribution in [3.8, 4) is 0 Å². The zero-order chi connectivity index (χ0) is 13.1. The molecule has 2 aromatic rings. The Hall–Kier alpha value is -1.94. The summed E-state index contributed by atoms with van der Waals surface area (Å²) >= 11 is 5.88. The van der Waals surface area contributed by atoms with Crippen molar-refractivity contribution < 1.29 is 9.21 Å². The van der Waals surface area contributed by atoms with Crippen LogP contribution in [-0.2, 0) is 0 Å². The molecule has 1 heterocycles. The number of nitrogens with two attached hydrogens (primary N) is 1. The van der Waals surface area contributed by atoms with Crippen LogP contribution in [0.15, 0.2) is 41.2 Å². The lowest BCUT2D eigenvalue weighted by molar-refractivity contribution is 0.100. The standard InChI is InChI=1S/C13H13ClN2O2/c1-8(9-4-5-18-7-9)16-10-2-3-12(14)11(6-10)13(15)17/h2-8,16H,1H3,(H2,15,17). The van der Waals surface area contributed by atoms with E-state index in [2.05, 4.69) is 5.32 Å². The van der Waals surface area contributed by atoms with Crippen LogP contribution in [0.4, 0.5) is 5.69 Å². The fourth-order valence-corrected chi connectivity index (χ4v) is 1.87. The summed E-state index contributed by atoms with van der Waals surface area (Å²) in [5, 5.41) is 3.59. The maximum absolute atomic E-state index is 11.2. The van der Waals surface area contributed by atoms with E-state index in [0.717, 1.165) is 11.3 Å². The second kappa shape index (κ2) is 5.14. The van der Waals surface area contributed by atoms with Gasteiger partial charge >= 0.3 is 0 Å². The third-order valence-electron chi connectivity index (χ3n) is 2.66. The zero-order valence-corrected chi connectivity index (χ0v) is 10.6. The SMILES string of the molecule is CC(Nc1ccc(Cl)c(C(N)=O)c1)c1ccoc1. The third-order valence-corrected chi connectivity index (χ3v) is 2.99. The van der Waals surface area contributed by atoms with Gasteiger partial charge in [0.15, 0.2) is 0 Å². The van der Waals surface area contributed by atoms with Crippen LogP contribution < -0.4 is 11.1 Å². The molecule has 0 spiro atoms. The molecule has 1 atom stereocenters. The summed E-state index contributed by atoms with van der Waals surface area (Å²) < 4.78 is 5.02. The summed E-state index contributed by atoms with van der Waals surface area (Å²) in [5.41, 5.74) is 7.35. The number of furan rings is 1. The molecule has 1 aromatic carbocycles. The highest BCUT2D eigenvalue weighted by Gasteiger charge is 2.10. The van der Waals surface area contributed by atoms with Crippen molar-refractivity contribution in [2.24, 2.45) is 5.73 Å². The average Bonchev–Trinajstić information content (AvgIpc) is 2.85. The van der Waals surface area contributed by atoms with E-state index in [1.54, 1.807) is 30.7 Å². The molecule has 0 aliphatic carbocycles. The molecule has 1 aromatic heterocycles. The summed E-state index contributed by atoms with van der Waals surface area (Å²) in [6.07, 6.45) is 3.28.